The molecule has 0 aliphatic heterocycles. The summed E-state index contributed by atoms with van der Waals surface area (Å²) in [5.74, 6) is 0. The number of nitrogens with zero attached hydrogens (tertiary/aromatic N) is 4. The molecule has 0 aliphatic rings. The molecule has 0 radical (unpaired) electrons. The average Bonchev–Trinajstić information content (AvgIpc) is 2.63. The summed E-state index contributed by atoms with van der Waals surface area (Å²) >= 11 is -0.750. The molecule has 2 heterocycles. The molecule has 4 rings (SSSR count). The van der Waals surface area contributed by atoms with E-state index in [0.29, 0.717) is 0 Å². The Morgan fingerprint density at radius 1 is 0.522 bits per heavy atom. The predicted molar refractivity (Wildman–Crippen MR) is 88.0 cm³/mol. The molecule has 0 spiro atoms. The molecule has 0 saturated heterocycles. The summed E-state index contributed by atoms with van der Waals surface area (Å²) in [5, 5.41) is 0. The van der Waals surface area contributed by atoms with Crippen LogP contribution in [0.4, 0.5) is 0 Å². The highest BCUT2D eigenvalue weighted by atomic mass is 32.1. The lowest BCUT2D eigenvalue weighted by Gasteiger charge is -1.90. The van der Waals surface area contributed by atoms with Gasteiger partial charge in [-0.2, -0.15) is 8.42 Å². The van der Waals surface area contributed by atoms with Gasteiger partial charge in [-0.15, -0.1) is 0 Å². The molecule has 23 heavy (non-hydrogen) atoms. The van der Waals surface area contributed by atoms with Gasteiger partial charge in [-0.25, -0.2) is 0 Å². The van der Waals surface area contributed by atoms with Crippen LogP contribution in [0.1, 0.15) is 0 Å². The van der Waals surface area contributed by atoms with Crippen LogP contribution >= 0.6 is 0 Å². The van der Waals surface area contributed by atoms with Crippen molar-refractivity contribution < 1.29 is 8.42 Å². The van der Waals surface area contributed by atoms with Gasteiger partial charge >= 0.3 is 11.6 Å². The summed E-state index contributed by atoms with van der Waals surface area (Å²) in [4.78, 5) is 16.5. The number of hydrogen-bond acceptors (Lipinski definition) is 6. The van der Waals surface area contributed by atoms with Gasteiger partial charge in [0, 0.05) is 24.8 Å². The Balaban J connectivity index is 0.000000143. The average molecular weight is 324 g/mol. The quantitative estimate of drug-likeness (QED) is 0.494. The van der Waals surface area contributed by atoms with E-state index in [-0.39, 0.29) is 0 Å². The van der Waals surface area contributed by atoms with Crippen LogP contribution in [-0.4, -0.2) is 28.4 Å². The Hall–Kier alpha value is -3.06. The highest BCUT2D eigenvalue weighted by Crippen LogP contribution is 2.05. The van der Waals surface area contributed by atoms with Crippen LogP contribution in [-0.2, 0) is 11.6 Å². The Bertz CT molecular complexity index is 725. The third-order valence-corrected chi connectivity index (χ3v) is 2.75. The van der Waals surface area contributed by atoms with E-state index < -0.39 is 11.6 Å². The molecule has 0 bridgehead atoms. The van der Waals surface area contributed by atoms with Crippen molar-refractivity contribution in [3.8, 4) is 0 Å². The first-order chi connectivity index (χ1) is 11.3. The SMILES string of the molecule is O=S=O.c1ccc2nccnc2c1.c1ccc2nccnc2c1. The minimum atomic E-state index is -0.750. The topological polar surface area (TPSA) is 85.7 Å². The lowest BCUT2D eigenvalue weighted by atomic mass is 10.3. The van der Waals surface area contributed by atoms with E-state index in [4.69, 9.17) is 8.42 Å². The van der Waals surface area contributed by atoms with Crippen molar-refractivity contribution in [1.29, 1.82) is 0 Å². The molecule has 0 amide bonds. The van der Waals surface area contributed by atoms with Crippen LogP contribution in [0.25, 0.3) is 22.1 Å². The minimum absolute atomic E-state index is 0.750. The lowest BCUT2D eigenvalue weighted by Crippen LogP contribution is -1.78. The third kappa shape index (κ3) is 5.01. The van der Waals surface area contributed by atoms with Crippen LogP contribution in [0.2, 0.25) is 0 Å². The second-order valence-corrected chi connectivity index (χ2v) is 4.29. The Morgan fingerprint density at radius 2 is 0.739 bits per heavy atom. The monoisotopic (exact) mass is 324 g/mol. The van der Waals surface area contributed by atoms with Crippen molar-refractivity contribution in [3.63, 3.8) is 0 Å². The van der Waals surface area contributed by atoms with E-state index in [1.807, 2.05) is 48.5 Å². The zero-order valence-electron chi connectivity index (χ0n) is 11.9. The molecule has 0 N–H and O–H groups in total. The molecule has 0 aliphatic carbocycles. The minimum Gasteiger partial charge on any atom is -0.253 e. The fourth-order valence-corrected chi connectivity index (χ4v) is 1.82. The number of benzene rings is 2. The van der Waals surface area contributed by atoms with Gasteiger partial charge in [0.05, 0.1) is 22.1 Å². The summed E-state index contributed by atoms with van der Waals surface area (Å²) < 4.78 is 16.6. The molecule has 2 aromatic heterocycles. The van der Waals surface area contributed by atoms with Crippen LogP contribution in [0.3, 0.4) is 0 Å². The number of rotatable bonds is 0. The molecular weight excluding hydrogens is 312 g/mol. The maximum atomic E-state index is 8.29. The van der Waals surface area contributed by atoms with Gasteiger partial charge in [0.25, 0.3) is 0 Å². The Morgan fingerprint density at radius 3 is 0.957 bits per heavy atom. The first-order valence-electron chi connectivity index (χ1n) is 6.58. The second kappa shape index (κ2) is 9.06. The van der Waals surface area contributed by atoms with Crippen LogP contribution < -0.4 is 0 Å². The Kier molecular flexibility index (Phi) is 6.43. The van der Waals surface area contributed by atoms with Crippen molar-refractivity contribution >= 4 is 33.6 Å². The molecular formula is C16H12N4O2S. The zero-order valence-corrected chi connectivity index (χ0v) is 12.8. The van der Waals surface area contributed by atoms with Crippen molar-refractivity contribution in [2.45, 2.75) is 0 Å². The molecule has 0 atom stereocenters. The second-order valence-electron chi connectivity index (χ2n) is 4.16. The summed E-state index contributed by atoms with van der Waals surface area (Å²) in [7, 11) is 0. The molecule has 4 aromatic rings. The lowest BCUT2D eigenvalue weighted by molar-refractivity contribution is 0.630. The molecule has 7 heteroatoms. The summed E-state index contributed by atoms with van der Waals surface area (Å²) in [6.07, 6.45) is 6.79. The van der Waals surface area contributed by atoms with Crippen molar-refractivity contribution in [1.82, 2.24) is 19.9 Å². The van der Waals surface area contributed by atoms with Gasteiger partial charge in [0.1, 0.15) is 0 Å². The van der Waals surface area contributed by atoms with E-state index in [0.717, 1.165) is 22.1 Å². The van der Waals surface area contributed by atoms with Gasteiger partial charge in [-0.05, 0) is 24.3 Å². The van der Waals surface area contributed by atoms with Crippen molar-refractivity contribution in [2.75, 3.05) is 0 Å². The number of fused-ring (bicyclic) bond motifs is 2. The smallest absolute Gasteiger partial charge is 0.253 e. The van der Waals surface area contributed by atoms with E-state index >= 15 is 0 Å². The van der Waals surface area contributed by atoms with Crippen LogP contribution in [0, 0.1) is 0 Å². The normalized spacial score (nSPS) is 9.22. The molecule has 0 unspecified atom stereocenters. The molecule has 0 fully saturated rings. The van der Waals surface area contributed by atoms with Gasteiger partial charge in [0.2, 0.25) is 0 Å². The molecule has 114 valence electrons. The fourth-order valence-electron chi connectivity index (χ4n) is 1.82. The van der Waals surface area contributed by atoms with Gasteiger partial charge in [-0.1, -0.05) is 24.3 Å². The van der Waals surface area contributed by atoms with E-state index in [1.165, 1.54) is 0 Å². The van der Waals surface area contributed by atoms with Crippen LogP contribution in [0.15, 0.2) is 73.3 Å². The fraction of sp³-hybridized carbons (Fsp3) is 0. The highest BCUT2D eigenvalue weighted by Gasteiger charge is 1.89. The standard InChI is InChI=1S/2C8H6N2.O2S/c2*1-2-4-8-7(3-1)9-5-6-10-8;1-3-2/h2*1-6H;. The first kappa shape index (κ1) is 16.3. The van der Waals surface area contributed by atoms with Crippen molar-refractivity contribution in [2.24, 2.45) is 0 Å². The van der Waals surface area contributed by atoms with E-state index in [1.54, 1.807) is 24.8 Å². The molecule has 2 aromatic carbocycles. The molecule has 0 saturated carbocycles. The van der Waals surface area contributed by atoms with Crippen molar-refractivity contribution in [3.05, 3.63) is 73.3 Å². The van der Waals surface area contributed by atoms with E-state index in [2.05, 4.69) is 19.9 Å². The summed E-state index contributed by atoms with van der Waals surface area (Å²) in [6, 6.07) is 15.6. The number of hydrogen-bond donors (Lipinski definition) is 0. The van der Waals surface area contributed by atoms with Crippen LogP contribution in [0.5, 0.6) is 0 Å². The summed E-state index contributed by atoms with van der Waals surface area (Å²) in [5.41, 5.74) is 3.80. The van der Waals surface area contributed by atoms with Gasteiger partial charge < -0.3 is 0 Å². The van der Waals surface area contributed by atoms with Gasteiger partial charge in [-0.3, -0.25) is 19.9 Å². The predicted octanol–water partition coefficient (Wildman–Crippen LogP) is 2.59. The third-order valence-electron chi connectivity index (χ3n) is 2.75. The summed E-state index contributed by atoms with van der Waals surface area (Å²) in [6.45, 7) is 0. The van der Waals surface area contributed by atoms with Gasteiger partial charge in [0.15, 0.2) is 0 Å². The molecule has 6 nitrogen and oxygen atoms in total. The maximum absolute atomic E-state index is 8.29. The number of para-hydroxylation sites is 4. The Labute approximate surface area is 135 Å². The highest BCUT2D eigenvalue weighted by molar-refractivity contribution is 7.51. The van der Waals surface area contributed by atoms with E-state index in [9.17, 15) is 0 Å². The largest absolute Gasteiger partial charge is 0.335 e. The first-order valence-corrected chi connectivity index (χ1v) is 7.25. The maximum Gasteiger partial charge on any atom is 0.335 e. The zero-order chi connectivity index (χ0) is 16.3. The number of aromatic nitrogens is 4.